The van der Waals surface area contributed by atoms with Gasteiger partial charge in [0.1, 0.15) is 0 Å². The van der Waals surface area contributed by atoms with Gasteiger partial charge >= 0.3 is 12.0 Å². The molecule has 1 aliphatic heterocycles. The summed E-state index contributed by atoms with van der Waals surface area (Å²) in [6, 6.07) is 4.34. The zero-order valence-corrected chi connectivity index (χ0v) is 15.0. The molecule has 7 nitrogen and oxygen atoms in total. The Morgan fingerprint density at radius 1 is 1.24 bits per heavy atom. The molecule has 1 aromatic rings. The molecule has 0 bridgehead atoms. The Labute approximate surface area is 147 Å². The Balaban J connectivity index is 2.41. The summed E-state index contributed by atoms with van der Waals surface area (Å²) in [5.74, 6) is 0.689. The van der Waals surface area contributed by atoms with E-state index in [1.165, 1.54) is 0 Å². The molecular weight excluding hydrogens is 324 g/mol. The number of ether oxygens (including phenoxy) is 3. The predicted octanol–water partition coefficient (Wildman–Crippen LogP) is 2.68. The second-order valence-electron chi connectivity index (χ2n) is 5.55. The van der Waals surface area contributed by atoms with Crippen LogP contribution in [0.25, 0.3) is 0 Å². The monoisotopic (exact) mass is 348 g/mol. The maximum Gasteiger partial charge on any atom is 0.338 e. The first-order valence-electron chi connectivity index (χ1n) is 8.27. The van der Waals surface area contributed by atoms with Crippen molar-refractivity contribution in [1.82, 2.24) is 10.6 Å². The molecule has 2 rings (SSSR count). The van der Waals surface area contributed by atoms with Gasteiger partial charge in [0.2, 0.25) is 0 Å². The second kappa shape index (κ2) is 8.41. The zero-order chi connectivity index (χ0) is 18.4. The van der Waals surface area contributed by atoms with Crippen LogP contribution < -0.4 is 20.1 Å². The third-order valence-corrected chi connectivity index (χ3v) is 3.75. The molecule has 0 unspecified atom stereocenters. The first-order valence-corrected chi connectivity index (χ1v) is 8.27. The topological polar surface area (TPSA) is 85.9 Å². The minimum Gasteiger partial charge on any atom is -0.493 e. The van der Waals surface area contributed by atoms with Gasteiger partial charge in [-0.2, -0.15) is 0 Å². The van der Waals surface area contributed by atoms with Crippen molar-refractivity contribution in [2.75, 3.05) is 20.3 Å². The first-order chi connectivity index (χ1) is 12.0. The van der Waals surface area contributed by atoms with E-state index in [-0.39, 0.29) is 12.6 Å². The van der Waals surface area contributed by atoms with E-state index in [4.69, 9.17) is 14.2 Å². The third kappa shape index (κ3) is 4.23. The molecule has 0 aromatic heterocycles. The lowest BCUT2D eigenvalue weighted by Gasteiger charge is -2.28. The summed E-state index contributed by atoms with van der Waals surface area (Å²) < 4.78 is 16.2. The van der Waals surface area contributed by atoms with Gasteiger partial charge < -0.3 is 24.8 Å². The molecule has 0 aliphatic carbocycles. The van der Waals surface area contributed by atoms with Crippen molar-refractivity contribution in [2.45, 2.75) is 33.2 Å². The molecule has 1 atom stereocenters. The maximum atomic E-state index is 12.3. The van der Waals surface area contributed by atoms with Gasteiger partial charge in [0.25, 0.3) is 0 Å². The van der Waals surface area contributed by atoms with Gasteiger partial charge in [-0.3, -0.25) is 0 Å². The molecule has 1 heterocycles. The number of hydrogen-bond donors (Lipinski definition) is 2. The van der Waals surface area contributed by atoms with Crippen LogP contribution >= 0.6 is 0 Å². The quantitative estimate of drug-likeness (QED) is 0.740. The number of benzene rings is 1. The van der Waals surface area contributed by atoms with Gasteiger partial charge in [-0.25, -0.2) is 9.59 Å². The predicted molar refractivity (Wildman–Crippen MR) is 92.5 cm³/mol. The maximum absolute atomic E-state index is 12.3. The third-order valence-electron chi connectivity index (χ3n) is 3.75. The molecule has 7 heteroatoms. The standard InChI is InChI=1S/C18H24N2O5/c1-5-9-25-13-8-7-12(10-14(13)23-4)16-15(17(21)24-6-2)11(3)19-18(22)20-16/h7-8,10,16H,5-6,9H2,1-4H3,(H2,19,20,22)/t16-/m0/s1. The summed E-state index contributed by atoms with van der Waals surface area (Å²) in [6.45, 7) is 6.26. The van der Waals surface area contributed by atoms with E-state index in [0.717, 1.165) is 6.42 Å². The van der Waals surface area contributed by atoms with Crippen molar-refractivity contribution in [3.05, 3.63) is 35.0 Å². The Morgan fingerprint density at radius 2 is 2.00 bits per heavy atom. The van der Waals surface area contributed by atoms with Crippen LogP contribution in [0.2, 0.25) is 0 Å². The number of hydrogen-bond acceptors (Lipinski definition) is 5. The van der Waals surface area contributed by atoms with E-state index in [2.05, 4.69) is 10.6 Å². The highest BCUT2D eigenvalue weighted by atomic mass is 16.5. The van der Waals surface area contributed by atoms with E-state index in [0.29, 0.717) is 34.9 Å². The summed E-state index contributed by atoms with van der Waals surface area (Å²) >= 11 is 0. The van der Waals surface area contributed by atoms with Crippen molar-refractivity contribution in [1.29, 1.82) is 0 Å². The Morgan fingerprint density at radius 3 is 2.64 bits per heavy atom. The molecule has 136 valence electrons. The summed E-state index contributed by atoms with van der Waals surface area (Å²) in [5, 5.41) is 5.37. The van der Waals surface area contributed by atoms with Crippen molar-refractivity contribution < 1.29 is 23.8 Å². The number of carbonyl (C=O) groups excluding carboxylic acids is 2. The fraction of sp³-hybridized carbons (Fsp3) is 0.444. The van der Waals surface area contributed by atoms with E-state index in [1.807, 2.05) is 6.92 Å². The van der Waals surface area contributed by atoms with Gasteiger partial charge in [0.05, 0.1) is 31.9 Å². The Hall–Kier alpha value is -2.70. The Bertz CT molecular complexity index is 684. The van der Waals surface area contributed by atoms with Crippen LogP contribution in [-0.2, 0) is 9.53 Å². The van der Waals surface area contributed by atoms with Crippen molar-refractivity contribution in [2.24, 2.45) is 0 Å². The molecule has 25 heavy (non-hydrogen) atoms. The smallest absolute Gasteiger partial charge is 0.338 e. The van der Waals surface area contributed by atoms with Crippen LogP contribution in [0.15, 0.2) is 29.5 Å². The van der Waals surface area contributed by atoms with Crippen LogP contribution in [0.3, 0.4) is 0 Å². The molecular formula is C18H24N2O5. The fourth-order valence-corrected chi connectivity index (χ4v) is 2.62. The molecule has 2 N–H and O–H groups in total. The largest absolute Gasteiger partial charge is 0.493 e. The molecule has 0 fully saturated rings. The molecule has 0 saturated heterocycles. The van der Waals surface area contributed by atoms with Gasteiger partial charge in [0, 0.05) is 5.70 Å². The van der Waals surface area contributed by atoms with Gasteiger partial charge in [-0.05, 0) is 38.0 Å². The number of nitrogens with one attached hydrogen (secondary N) is 2. The average Bonchev–Trinajstić information content (AvgIpc) is 2.59. The minimum atomic E-state index is -0.623. The second-order valence-corrected chi connectivity index (χ2v) is 5.55. The highest BCUT2D eigenvalue weighted by molar-refractivity contribution is 5.95. The molecule has 0 radical (unpaired) electrons. The lowest BCUT2D eigenvalue weighted by molar-refractivity contribution is -0.139. The number of allylic oxidation sites excluding steroid dienone is 1. The number of esters is 1. The molecule has 0 spiro atoms. The molecule has 1 aromatic carbocycles. The highest BCUT2D eigenvalue weighted by Crippen LogP contribution is 2.34. The average molecular weight is 348 g/mol. The normalized spacial score (nSPS) is 16.8. The van der Waals surface area contributed by atoms with E-state index >= 15 is 0 Å². The van der Waals surface area contributed by atoms with Crippen molar-refractivity contribution in [3.8, 4) is 11.5 Å². The van der Waals surface area contributed by atoms with Crippen LogP contribution in [0.4, 0.5) is 4.79 Å². The number of amides is 2. The lowest BCUT2D eigenvalue weighted by atomic mass is 9.95. The first kappa shape index (κ1) is 18.6. The summed E-state index contributed by atoms with van der Waals surface area (Å²) in [6.07, 6.45) is 0.879. The SMILES string of the molecule is CCCOc1ccc([C@@H]2NC(=O)NC(C)=C2C(=O)OCC)cc1OC. The van der Waals surface area contributed by atoms with E-state index in [9.17, 15) is 9.59 Å². The Kier molecular flexibility index (Phi) is 6.27. The zero-order valence-electron chi connectivity index (χ0n) is 15.0. The minimum absolute atomic E-state index is 0.253. The molecule has 1 aliphatic rings. The number of carbonyl (C=O) groups is 2. The van der Waals surface area contributed by atoms with Gasteiger partial charge in [-0.1, -0.05) is 13.0 Å². The lowest BCUT2D eigenvalue weighted by Crippen LogP contribution is -2.45. The molecule has 0 saturated carbocycles. The van der Waals surface area contributed by atoms with Crippen molar-refractivity contribution >= 4 is 12.0 Å². The summed E-state index contributed by atoms with van der Waals surface area (Å²) in [4.78, 5) is 24.2. The molecule has 2 amide bonds. The fourth-order valence-electron chi connectivity index (χ4n) is 2.62. The van der Waals surface area contributed by atoms with Crippen LogP contribution in [0, 0.1) is 0 Å². The van der Waals surface area contributed by atoms with E-state index < -0.39 is 12.0 Å². The van der Waals surface area contributed by atoms with E-state index in [1.54, 1.807) is 39.2 Å². The summed E-state index contributed by atoms with van der Waals surface area (Å²) in [7, 11) is 1.55. The number of methoxy groups -OCH3 is 1. The summed E-state index contributed by atoms with van der Waals surface area (Å²) in [5.41, 5.74) is 1.54. The van der Waals surface area contributed by atoms with Crippen LogP contribution in [0.5, 0.6) is 11.5 Å². The number of urea groups is 1. The van der Waals surface area contributed by atoms with Gasteiger partial charge in [0.15, 0.2) is 11.5 Å². The van der Waals surface area contributed by atoms with Crippen LogP contribution in [-0.4, -0.2) is 32.3 Å². The van der Waals surface area contributed by atoms with Crippen LogP contribution in [0.1, 0.15) is 38.8 Å². The highest BCUT2D eigenvalue weighted by Gasteiger charge is 2.32. The van der Waals surface area contributed by atoms with Gasteiger partial charge in [-0.15, -0.1) is 0 Å². The number of rotatable bonds is 7. The van der Waals surface area contributed by atoms with Crippen molar-refractivity contribution in [3.63, 3.8) is 0 Å².